The predicted octanol–water partition coefficient (Wildman–Crippen LogP) is 6.08. The summed E-state index contributed by atoms with van der Waals surface area (Å²) in [5.74, 6) is 2.43. The maximum absolute atomic E-state index is 13.5. The molecule has 2 aromatic rings. The van der Waals surface area contributed by atoms with Gasteiger partial charge in [0.2, 0.25) is 5.91 Å². The molecule has 0 saturated heterocycles. The van der Waals surface area contributed by atoms with Crippen LogP contribution in [0.2, 0.25) is 0 Å². The van der Waals surface area contributed by atoms with E-state index in [1.54, 1.807) is 0 Å². The third-order valence-electron chi connectivity index (χ3n) is 7.41. The van der Waals surface area contributed by atoms with Crippen molar-refractivity contribution in [2.75, 3.05) is 5.75 Å². The molecule has 2 aliphatic carbocycles. The van der Waals surface area contributed by atoms with E-state index < -0.39 is 0 Å². The van der Waals surface area contributed by atoms with Crippen LogP contribution in [0.4, 0.5) is 0 Å². The fraction of sp³-hybridized carbons (Fsp3) is 0.667. The van der Waals surface area contributed by atoms with Crippen LogP contribution in [-0.4, -0.2) is 43.4 Å². The Bertz CT molecular complexity index is 910. The highest BCUT2D eigenvalue weighted by Gasteiger charge is 2.32. The molecule has 4 rings (SSSR count). The first kappa shape index (κ1) is 25.1. The molecule has 1 aromatic heterocycles. The number of para-hydroxylation sites is 1. The predicted molar refractivity (Wildman–Crippen MR) is 137 cm³/mol. The summed E-state index contributed by atoms with van der Waals surface area (Å²) in [5, 5.41) is 9.64. The molecule has 0 atom stereocenters. The molecule has 0 radical (unpaired) electrons. The number of nitrogens with zero attached hydrogens (tertiary/aromatic N) is 4. The van der Waals surface area contributed by atoms with E-state index in [-0.39, 0.29) is 5.91 Å². The third kappa shape index (κ3) is 5.96. The maximum atomic E-state index is 13.5. The number of carbonyl (C=O) groups is 1. The van der Waals surface area contributed by atoms with Gasteiger partial charge in [0.15, 0.2) is 11.0 Å². The molecule has 7 heteroatoms. The number of thioether (sulfide) groups is 1. The number of amides is 1. The lowest BCUT2D eigenvalue weighted by Crippen LogP contribution is -2.49. The van der Waals surface area contributed by atoms with E-state index in [2.05, 4.69) is 52.6 Å². The minimum absolute atomic E-state index is 0.280. The Hall–Kier alpha value is -2.02. The quantitative estimate of drug-likeness (QED) is 0.404. The van der Waals surface area contributed by atoms with Gasteiger partial charge in [0.05, 0.1) is 5.75 Å². The van der Waals surface area contributed by atoms with Gasteiger partial charge in [-0.3, -0.25) is 4.79 Å². The van der Waals surface area contributed by atoms with Gasteiger partial charge in [-0.25, -0.2) is 0 Å². The van der Waals surface area contributed by atoms with Gasteiger partial charge >= 0.3 is 0 Å². The second-order valence-electron chi connectivity index (χ2n) is 9.83. The van der Waals surface area contributed by atoms with Crippen molar-refractivity contribution in [3.8, 4) is 5.75 Å². The minimum atomic E-state index is 0.280. The summed E-state index contributed by atoms with van der Waals surface area (Å²) >= 11 is 1.53. The summed E-state index contributed by atoms with van der Waals surface area (Å²) in [6, 6.07) is 7.02. The van der Waals surface area contributed by atoms with E-state index in [4.69, 9.17) is 4.74 Å². The van der Waals surface area contributed by atoms with E-state index in [1.165, 1.54) is 50.3 Å². The SMILES string of the molecule is CCn1c(COc2c(C)cccc2C)nnc1SCC(=O)N(C1CCCCC1)C1CCCCC1. The van der Waals surface area contributed by atoms with Gasteiger partial charge in [0.1, 0.15) is 12.4 Å². The van der Waals surface area contributed by atoms with Crippen molar-refractivity contribution in [1.29, 1.82) is 0 Å². The zero-order valence-corrected chi connectivity index (χ0v) is 21.9. The Morgan fingerprint density at radius 1 is 1.00 bits per heavy atom. The van der Waals surface area contributed by atoms with Gasteiger partial charge in [-0.1, -0.05) is 68.5 Å². The molecule has 0 aliphatic heterocycles. The largest absolute Gasteiger partial charge is 0.485 e. The monoisotopic (exact) mass is 484 g/mol. The number of aromatic nitrogens is 3. The highest BCUT2D eigenvalue weighted by atomic mass is 32.2. The number of benzene rings is 1. The van der Waals surface area contributed by atoms with E-state index in [0.717, 1.165) is 60.1 Å². The zero-order chi connectivity index (χ0) is 23.9. The van der Waals surface area contributed by atoms with Crippen LogP contribution in [0, 0.1) is 13.8 Å². The average Bonchev–Trinajstić information content (AvgIpc) is 3.25. The Morgan fingerprint density at radius 2 is 1.59 bits per heavy atom. The van der Waals surface area contributed by atoms with Gasteiger partial charge in [-0.2, -0.15) is 0 Å². The van der Waals surface area contributed by atoms with Gasteiger partial charge in [-0.05, 0) is 57.6 Å². The van der Waals surface area contributed by atoms with E-state index in [0.29, 0.717) is 24.4 Å². The Kier molecular flexibility index (Phi) is 8.92. The fourth-order valence-electron chi connectivity index (χ4n) is 5.64. The summed E-state index contributed by atoms with van der Waals surface area (Å²) in [6.45, 7) is 7.34. The van der Waals surface area contributed by atoms with E-state index in [1.807, 2.05) is 6.07 Å². The van der Waals surface area contributed by atoms with Crippen molar-refractivity contribution < 1.29 is 9.53 Å². The number of carbonyl (C=O) groups excluding carboxylic acids is 1. The summed E-state index contributed by atoms with van der Waals surface area (Å²) < 4.78 is 8.20. The van der Waals surface area contributed by atoms with Crippen molar-refractivity contribution in [2.24, 2.45) is 0 Å². The standard InChI is InChI=1S/C27H40N4O2S/c1-4-30-24(18-33-26-20(2)12-11-13-21(26)3)28-29-27(30)34-19-25(32)31(22-14-7-5-8-15-22)23-16-9-6-10-17-23/h11-13,22-23H,4-10,14-19H2,1-3H3. The average molecular weight is 485 g/mol. The molecular formula is C27H40N4O2S. The van der Waals surface area contributed by atoms with Crippen LogP contribution in [0.1, 0.15) is 88.1 Å². The Labute approximate surface area is 208 Å². The Morgan fingerprint density at radius 3 is 2.15 bits per heavy atom. The van der Waals surface area contributed by atoms with Crippen LogP contribution in [0.5, 0.6) is 5.75 Å². The van der Waals surface area contributed by atoms with Gasteiger partial charge in [0.25, 0.3) is 0 Å². The summed E-state index contributed by atoms with van der Waals surface area (Å²) in [4.78, 5) is 15.8. The van der Waals surface area contributed by atoms with Crippen LogP contribution in [0.15, 0.2) is 23.4 Å². The van der Waals surface area contributed by atoms with Crippen LogP contribution in [-0.2, 0) is 17.9 Å². The lowest BCUT2D eigenvalue weighted by molar-refractivity contribution is -0.135. The summed E-state index contributed by atoms with van der Waals surface area (Å²) in [6.07, 6.45) is 12.3. The molecule has 6 nitrogen and oxygen atoms in total. The van der Waals surface area contributed by atoms with Crippen LogP contribution in [0.25, 0.3) is 0 Å². The molecule has 34 heavy (non-hydrogen) atoms. The number of ether oxygens (including phenoxy) is 1. The highest BCUT2D eigenvalue weighted by molar-refractivity contribution is 7.99. The molecule has 1 heterocycles. The molecular weight excluding hydrogens is 444 g/mol. The lowest BCUT2D eigenvalue weighted by Gasteiger charge is -2.41. The number of hydrogen-bond donors (Lipinski definition) is 0. The molecule has 2 saturated carbocycles. The van der Waals surface area contributed by atoms with Crippen molar-refractivity contribution in [3.63, 3.8) is 0 Å². The molecule has 0 N–H and O–H groups in total. The Balaban J connectivity index is 1.41. The molecule has 0 bridgehead atoms. The van der Waals surface area contributed by atoms with Crippen molar-refractivity contribution in [3.05, 3.63) is 35.2 Å². The summed E-state index contributed by atoms with van der Waals surface area (Å²) in [7, 11) is 0. The van der Waals surface area contributed by atoms with Crippen molar-refractivity contribution in [2.45, 2.75) is 115 Å². The molecule has 186 valence electrons. The topological polar surface area (TPSA) is 60.2 Å². The molecule has 1 aromatic carbocycles. The highest BCUT2D eigenvalue weighted by Crippen LogP contribution is 2.31. The molecule has 2 aliphatic rings. The lowest BCUT2D eigenvalue weighted by atomic mass is 9.88. The smallest absolute Gasteiger partial charge is 0.233 e. The van der Waals surface area contributed by atoms with Gasteiger partial charge in [-0.15, -0.1) is 10.2 Å². The van der Waals surface area contributed by atoms with Crippen LogP contribution in [0.3, 0.4) is 0 Å². The second kappa shape index (κ2) is 12.1. The van der Waals surface area contributed by atoms with Crippen LogP contribution >= 0.6 is 11.8 Å². The fourth-order valence-corrected chi connectivity index (χ4v) is 6.53. The first-order chi connectivity index (χ1) is 16.6. The zero-order valence-electron chi connectivity index (χ0n) is 21.1. The number of hydrogen-bond acceptors (Lipinski definition) is 5. The number of rotatable bonds is 9. The van der Waals surface area contributed by atoms with Crippen molar-refractivity contribution >= 4 is 17.7 Å². The number of aryl methyl sites for hydroxylation is 2. The third-order valence-corrected chi connectivity index (χ3v) is 8.36. The molecule has 2 fully saturated rings. The first-order valence-corrected chi connectivity index (χ1v) is 14.1. The van der Waals surface area contributed by atoms with Crippen molar-refractivity contribution in [1.82, 2.24) is 19.7 Å². The summed E-state index contributed by atoms with van der Waals surface area (Å²) in [5.41, 5.74) is 2.24. The van der Waals surface area contributed by atoms with Gasteiger partial charge in [0, 0.05) is 18.6 Å². The van der Waals surface area contributed by atoms with Gasteiger partial charge < -0.3 is 14.2 Å². The normalized spacial score (nSPS) is 17.6. The second-order valence-corrected chi connectivity index (χ2v) is 10.8. The first-order valence-electron chi connectivity index (χ1n) is 13.1. The minimum Gasteiger partial charge on any atom is -0.485 e. The van der Waals surface area contributed by atoms with E-state index >= 15 is 0 Å². The molecule has 1 amide bonds. The van der Waals surface area contributed by atoms with E-state index in [9.17, 15) is 4.79 Å². The maximum Gasteiger partial charge on any atom is 0.233 e. The molecule has 0 spiro atoms. The van der Waals surface area contributed by atoms with Crippen LogP contribution < -0.4 is 4.74 Å². The molecule has 0 unspecified atom stereocenters.